The Morgan fingerprint density at radius 3 is 2.41 bits per heavy atom. The quantitative estimate of drug-likeness (QED) is 0.487. The van der Waals surface area contributed by atoms with E-state index in [4.69, 9.17) is 0 Å². The molecule has 0 amide bonds. The van der Waals surface area contributed by atoms with E-state index in [-0.39, 0.29) is 17.5 Å². The number of hydrogen-bond acceptors (Lipinski definition) is 2. The van der Waals surface area contributed by atoms with Crippen LogP contribution in [0.2, 0.25) is 0 Å². The van der Waals surface area contributed by atoms with E-state index < -0.39 is 0 Å². The highest BCUT2D eigenvalue weighted by atomic mass is 32.2. The number of halogens is 1. The number of carbonyl (C=O) groups excluding carboxylic acids is 1. The summed E-state index contributed by atoms with van der Waals surface area (Å²) in [4.78, 5) is 13.9. The van der Waals surface area contributed by atoms with Crippen molar-refractivity contribution in [1.82, 2.24) is 0 Å². The van der Waals surface area contributed by atoms with Crippen molar-refractivity contribution in [2.24, 2.45) is 5.92 Å². The molecular formula is C24H25FOS. The van der Waals surface area contributed by atoms with Crippen LogP contribution in [0.3, 0.4) is 0 Å². The molecule has 0 aliphatic heterocycles. The zero-order valence-electron chi connectivity index (χ0n) is 16.1. The molecule has 140 valence electrons. The lowest BCUT2D eigenvalue weighted by Crippen LogP contribution is -2.12. The summed E-state index contributed by atoms with van der Waals surface area (Å²) in [5, 5.41) is 0. The molecule has 0 N–H and O–H groups in total. The second kappa shape index (κ2) is 8.71. The minimum absolute atomic E-state index is 0.0787. The van der Waals surface area contributed by atoms with E-state index >= 15 is 0 Å². The Hall–Kier alpha value is -2.13. The molecule has 2 aromatic carbocycles. The summed E-state index contributed by atoms with van der Waals surface area (Å²) in [6, 6.07) is 13.2. The van der Waals surface area contributed by atoms with Crippen molar-refractivity contribution < 1.29 is 9.18 Å². The molecule has 0 aromatic heterocycles. The second-order valence-corrected chi connectivity index (χ2v) is 7.77. The summed E-state index contributed by atoms with van der Waals surface area (Å²) in [5.74, 6) is 0.0577. The van der Waals surface area contributed by atoms with Gasteiger partial charge in [0, 0.05) is 17.2 Å². The van der Waals surface area contributed by atoms with Gasteiger partial charge in [0.25, 0.3) is 0 Å². The first-order valence-electron chi connectivity index (χ1n) is 9.45. The van der Waals surface area contributed by atoms with Crippen molar-refractivity contribution in [3.05, 3.63) is 71.0 Å². The van der Waals surface area contributed by atoms with Gasteiger partial charge in [-0.05, 0) is 77.3 Å². The zero-order valence-corrected chi connectivity index (χ0v) is 16.9. The fourth-order valence-electron chi connectivity index (χ4n) is 3.60. The molecule has 27 heavy (non-hydrogen) atoms. The van der Waals surface area contributed by atoms with Crippen LogP contribution in [0.15, 0.2) is 53.4 Å². The Balaban J connectivity index is 1.96. The molecule has 0 saturated heterocycles. The zero-order chi connectivity index (χ0) is 19.4. The van der Waals surface area contributed by atoms with Gasteiger partial charge in [-0.25, -0.2) is 4.39 Å². The van der Waals surface area contributed by atoms with E-state index in [2.05, 4.69) is 36.6 Å². The van der Waals surface area contributed by atoms with Crippen LogP contribution in [0.1, 0.15) is 49.8 Å². The summed E-state index contributed by atoms with van der Waals surface area (Å²) in [6.07, 6.45) is 8.28. The number of rotatable bonds is 7. The lowest BCUT2D eigenvalue weighted by molar-refractivity contribution is -0.122. The van der Waals surface area contributed by atoms with Crippen LogP contribution in [0.5, 0.6) is 0 Å². The molecule has 0 heterocycles. The maximum absolute atomic E-state index is 13.9. The number of hydrogen-bond donors (Lipinski definition) is 0. The van der Waals surface area contributed by atoms with Gasteiger partial charge in [0.15, 0.2) is 0 Å². The fourth-order valence-corrected chi connectivity index (χ4v) is 4.01. The standard InChI is InChI=1S/C24H25FOS/c1-4-17(5-2)24(26)14-19-13-18(22-11-8-20(25)15-23(19)22)12-16-6-9-21(27-3)10-7-16/h6-13,15,17H,4-5,14H2,1-3H3/b18-12+. The van der Waals surface area contributed by atoms with Crippen LogP contribution in [0.4, 0.5) is 4.39 Å². The number of carbonyl (C=O) groups is 1. The molecule has 0 spiro atoms. The van der Waals surface area contributed by atoms with E-state index in [1.54, 1.807) is 17.8 Å². The highest BCUT2D eigenvalue weighted by Gasteiger charge is 2.23. The first kappa shape index (κ1) is 19.6. The summed E-state index contributed by atoms with van der Waals surface area (Å²) < 4.78 is 13.9. The van der Waals surface area contributed by atoms with Crippen molar-refractivity contribution in [2.45, 2.75) is 38.0 Å². The Kier molecular flexibility index (Phi) is 6.33. The third-order valence-electron chi connectivity index (χ3n) is 5.21. The second-order valence-electron chi connectivity index (χ2n) is 6.89. The molecule has 1 aliphatic rings. The van der Waals surface area contributed by atoms with Gasteiger partial charge < -0.3 is 0 Å². The van der Waals surface area contributed by atoms with Crippen molar-refractivity contribution in [1.29, 1.82) is 0 Å². The smallest absolute Gasteiger partial charge is 0.140 e. The molecule has 0 radical (unpaired) electrons. The first-order chi connectivity index (χ1) is 13.0. The van der Waals surface area contributed by atoms with E-state index in [9.17, 15) is 9.18 Å². The predicted molar refractivity (Wildman–Crippen MR) is 114 cm³/mol. The Morgan fingerprint density at radius 1 is 1.07 bits per heavy atom. The average molecular weight is 381 g/mol. The third kappa shape index (κ3) is 4.41. The highest BCUT2D eigenvalue weighted by molar-refractivity contribution is 7.98. The number of Topliss-reactive ketones (excluding diaryl/α,β-unsaturated/α-hetero) is 1. The molecule has 3 rings (SSSR count). The van der Waals surface area contributed by atoms with Gasteiger partial charge in [0.05, 0.1) is 0 Å². The molecule has 3 heteroatoms. The molecule has 0 fully saturated rings. The van der Waals surface area contributed by atoms with Crippen LogP contribution in [0, 0.1) is 11.7 Å². The molecule has 0 bridgehead atoms. The van der Waals surface area contributed by atoms with Gasteiger partial charge in [-0.15, -0.1) is 11.8 Å². The Labute approximate surface area is 165 Å². The van der Waals surface area contributed by atoms with Gasteiger partial charge in [0.2, 0.25) is 0 Å². The van der Waals surface area contributed by atoms with Crippen molar-refractivity contribution in [3.63, 3.8) is 0 Å². The van der Waals surface area contributed by atoms with E-state index in [1.165, 1.54) is 11.0 Å². The number of benzene rings is 2. The van der Waals surface area contributed by atoms with Gasteiger partial charge in [-0.3, -0.25) is 4.79 Å². The monoisotopic (exact) mass is 380 g/mol. The molecule has 1 nitrogen and oxygen atoms in total. The largest absolute Gasteiger partial charge is 0.299 e. The summed E-state index contributed by atoms with van der Waals surface area (Å²) >= 11 is 1.71. The molecular weight excluding hydrogens is 355 g/mol. The minimum Gasteiger partial charge on any atom is -0.299 e. The molecule has 1 aliphatic carbocycles. The van der Waals surface area contributed by atoms with Gasteiger partial charge in [-0.1, -0.05) is 38.1 Å². The maximum Gasteiger partial charge on any atom is 0.140 e. The predicted octanol–water partition coefficient (Wildman–Crippen LogP) is 6.88. The van der Waals surface area contributed by atoms with Crippen LogP contribution < -0.4 is 0 Å². The van der Waals surface area contributed by atoms with Crippen LogP contribution >= 0.6 is 11.8 Å². The van der Waals surface area contributed by atoms with Crippen LogP contribution in [-0.2, 0) is 4.79 Å². The molecule has 0 unspecified atom stereocenters. The lowest BCUT2D eigenvalue weighted by atomic mass is 9.91. The fraction of sp³-hybridized carbons (Fsp3) is 0.292. The molecule has 0 saturated carbocycles. The molecule has 0 atom stereocenters. The third-order valence-corrected chi connectivity index (χ3v) is 5.96. The lowest BCUT2D eigenvalue weighted by Gasteiger charge is -2.12. The normalized spacial score (nSPS) is 14.6. The van der Waals surface area contributed by atoms with E-state index in [0.717, 1.165) is 40.7 Å². The number of ketones is 1. The number of thioether (sulfide) groups is 1. The number of allylic oxidation sites excluding steroid dienone is 3. The summed E-state index contributed by atoms with van der Waals surface area (Å²) in [7, 11) is 0. The Morgan fingerprint density at radius 2 is 1.78 bits per heavy atom. The number of fused-ring (bicyclic) bond motifs is 1. The molecule has 2 aromatic rings. The SMILES string of the molecule is CCC(CC)C(=O)CC1=C/C(=C\c2ccc(SC)cc2)c2ccc(F)cc21. The van der Waals surface area contributed by atoms with Crippen LogP contribution in [-0.4, -0.2) is 12.0 Å². The van der Waals surface area contributed by atoms with Crippen LogP contribution in [0.25, 0.3) is 17.2 Å². The van der Waals surface area contributed by atoms with Crippen molar-refractivity contribution in [2.75, 3.05) is 6.26 Å². The summed E-state index contributed by atoms with van der Waals surface area (Å²) in [6.45, 7) is 4.10. The highest BCUT2D eigenvalue weighted by Crippen LogP contribution is 2.39. The van der Waals surface area contributed by atoms with E-state index in [0.29, 0.717) is 6.42 Å². The topological polar surface area (TPSA) is 17.1 Å². The first-order valence-corrected chi connectivity index (χ1v) is 10.7. The maximum atomic E-state index is 13.9. The van der Waals surface area contributed by atoms with Gasteiger partial charge >= 0.3 is 0 Å². The van der Waals surface area contributed by atoms with Crippen molar-refractivity contribution in [3.8, 4) is 0 Å². The van der Waals surface area contributed by atoms with Gasteiger partial charge in [0.1, 0.15) is 11.6 Å². The Bertz CT molecular complexity index is 889. The van der Waals surface area contributed by atoms with Crippen molar-refractivity contribution >= 4 is 34.8 Å². The average Bonchev–Trinajstić information content (AvgIpc) is 2.99. The van der Waals surface area contributed by atoms with Gasteiger partial charge in [-0.2, -0.15) is 0 Å². The van der Waals surface area contributed by atoms with E-state index in [1.807, 2.05) is 26.0 Å². The minimum atomic E-state index is -0.264. The summed E-state index contributed by atoms with van der Waals surface area (Å²) in [5.41, 5.74) is 4.91.